The van der Waals surface area contributed by atoms with Gasteiger partial charge in [0.05, 0.1) is 11.4 Å². The van der Waals surface area contributed by atoms with Gasteiger partial charge in [-0.15, -0.1) is 0 Å². The van der Waals surface area contributed by atoms with Crippen molar-refractivity contribution in [1.29, 1.82) is 0 Å². The highest BCUT2D eigenvalue weighted by Crippen LogP contribution is 2.25. The molecule has 0 saturated heterocycles. The van der Waals surface area contributed by atoms with E-state index in [1.165, 1.54) is 0 Å². The molecule has 2 aromatic rings. The lowest BCUT2D eigenvalue weighted by Crippen LogP contribution is -2.01. The topological polar surface area (TPSA) is 17.8 Å². The number of imidazole rings is 1. The van der Waals surface area contributed by atoms with Crippen molar-refractivity contribution in [2.24, 2.45) is 0 Å². The Labute approximate surface area is 126 Å². The molecule has 0 aliphatic heterocycles. The van der Waals surface area contributed by atoms with Gasteiger partial charge < -0.3 is 0 Å². The Kier molecular flexibility index (Phi) is 4.72. The number of allylic oxidation sites excluding steroid dienone is 4. The van der Waals surface area contributed by atoms with Crippen LogP contribution >= 0.6 is 0 Å². The molecule has 0 radical (unpaired) electrons. The van der Waals surface area contributed by atoms with Crippen LogP contribution in [0.3, 0.4) is 0 Å². The fraction of sp³-hybridized carbons (Fsp3) is 0.105. The van der Waals surface area contributed by atoms with Crippen LogP contribution in [0.25, 0.3) is 23.4 Å². The van der Waals surface area contributed by atoms with Gasteiger partial charge in [-0.1, -0.05) is 49.6 Å². The molecule has 0 saturated carbocycles. The molecule has 1 aromatic heterocycles. The Morgan fingerprint density at radius 3 is 2.48 bits per heavy atom. The summed E-state index contributed by atoms with van der Waals surface area (Å²) in [5, 5.41) is 0. The molecular weight excluding hydrogens is 256 g/mol. The third-order valence-electron chi connectivity index (χ3n) is 3.19. The van der Waals surface area contributed by atoms with Crippen molar-refractivity contribution in [3.05, 3.63) is 78.9 Å². The molecule has 2 nitrogen and oxygen atoms in total. The Morgan fingerprint density at radius 1 is 1.19 bits per heavy atom. The fourth-order valence-corrected chi connectivity index (χ4v) is 2.28. The van der Waals surface area contributed by atoms with Crippen LogP contribution in [0, 0.1) is 0 Å². The minimum Gasteiger partial charge on any atom is -0.293 e. The van der Waals surface area contributed by atoms with Gasteiger partial charge >= 0.3 is 0 Å². The average molecular weight is 276 g/mol. The van der Waals surface area contributed by atoms with Gasteiger partial charge in [-0.2, -0.15) is 0 Å². The first-order chi connectivity index (χ1) is 10.2. The zero-order chi connectivity index (χ0) is 15.2. The smallest absolute Gasteiger partial charge is 0.141 e. The molecular formula is C19H20N2. The van der Waals surface area contributed by atoms with Crippen LogP contribution in [0.5, 0.6) is 0 Å². The van der Waals surface area contributed by atoms with Crippen molar-refractivity contribution in [3.8, 4) is 5.69 Å². The first-order valence-electron chi connectivity index (χ1n) is 6.96. The molecule has 0 atom stereocenters. The van der Waals surface area contributed by atoms with Crippen LogP contribution in [-0.4, -0.2) is 9.55 Å². The summed E-state index contributed by atoms with van der Waals surface area (Å²) >= 11 is 0. The number of benzene rings is 1. The monoisotopic (exact) mass is 276 g/mol. The maximum atomic E-state index is 4.75. The largest absolute Gasteiger partial charge is 0.293 e. The summed E-state index contributed by atoms with van der Waals surface area (Å²) in [7, 11) is 0. The Morgan fingerprint density at radius 2 is 1.90 bits per heavy atom. The van der Waals surface area contributed by atoms with Crippen LogP contribution in [0.2, 0.25) is 0 Å². The lowest BCUT2D eigenvalue weighted by Gasteiger charge is -2.10. The molecule has 1 aromatic carbocycles. The van der Waals surface area contributed by atoms with Crippen LogP contribution in [0.15, 0.2) is 61.7 Å². The van der Waals surface area contributed by atoms with E-state index in [4.69, 9.17) is 4.98 Å². The van der Waals surface area contributed by atoms with Gasteiger partial charge in [0.1, 0.15) is 5.82 Å². The van der Waals surface area contributed by atoms with E-state index in [0.717, 1.165) is 28.5 Å². The highest BCUT2D eigenvalue weighted by Gasteiger charge is 2.15. The summed E-state index contributed by atoms with van der Waals surface area (Å²) in [6, 6.07) is 10.2. The summed E-state index contributed by atoms with van der Waals surface area (Å²) < 4.78 is 2.12. The molecule has 0 aliphatic carbocycles. The van der Waals surface area contributed by atoms with Crippen molar-refractivity contribution in [2.45, 2.75) is 13.8 Å². The van der Waals surface area contributed by atoms with Gasteiger partial charge in [0, 0.05) is 5.69 Å². The molecule has 0 aliphatic rings. The molecule has 0 fully saturated rings. The van der Waals surface area contributed by atoms with E-state index in [-0.39, 0.29) is 0 Å². The first kappa shape index (κ1) is 14.8. The summed E-state index contributed by atoms with van der Waals surface area (Å²) in [6.45, 7) is 11.7. The molecule has 21 heavy (non-hydrogen) atoms. The van der Waals surface area contributed by atoms with E-state index in [2.05, 4.69) is 29.9 Å². The lowest BCUT2D eigenvalue weighted by molar-refractivity contribution is 1.01. The van der Waals surface area contributed by atoms with Crippen molar-refractivity contribution in [1.82, 2.24) is 9.55 Å². The summed E-state index contributed by atoms with van der Waals surface area (Å²) in [5.74, 6) is 0.907. The van der Waals surface area contributed by atoms with Crippen LogP contribution < -0.4 is 0 Å². The number of aromatic nitrogens is 2. The molecule has 0 amide bonds. The number of para-hydroxylation sites is 1. The molecule has 0 spiro atoms. The van der Waals surface area contributed by atoms with Crippen LogP contribution in [-0.2, 0) is 0 Å². The maximum Gasteiger partial charge on any atom is 0.141 e. The van der Waals surface area contributed by atoms with E-state index in [1.807, 2.05) is 56.4 Å². The lowest BCUT2D eigenvalue weighted by atomic mass is 10.2. The average Bonchev–Trinajstić information content (AvgIpc) is 2.87. The third kappa shape index (κ3) is 2.95. The van der Waals surface area contributed by atoms with Crippen LogP contribution in [0.4, 0.5) is 0 Å². The van der Waals surface area contributed by atoms with Crippen LogP contribution in [0.1, 0.15) is 31.1 Å². The van der Waals surface area contributed by atoms with E-state index >= 15 is 0 Å². The van der Waals surface area contributed by atoms with Crippen molar-refractivity contribution in [2.75, 3.05) is 0 Å². The zero-order valence-electron chi connectivity index (χ0n) is 12.6. The maximum absolute atomic E-state index is 4.75. The third-order valence-corrected chi connectivity index (χ3v) is 3.19. The molecule has 2 rings (SSSR count). The van der Waals surface area contributed by atoms with Gasteiger partial charge in [0.2, 0.25) is 0 Å². The predicted octanol–water partition coefficient (Wildman–Crippen LogP) is 5.14. The van der Waals surface area contributed by atoms with Gasteiger partial charge in [-0.25, -0.2) is 4.98 Å². The highest BCUT2D eigenvalue weighted by atomic mass is 15.1. The minimum atomic E-state index is 0.907. The predicted molar refractivity (Wildman–Crippen MR) is 92.2 cm³/mol. The molecule has 1 heterocycles. The number of hydrogen-bond acceptors (Lipinski definition) is 1. The van der Waals surface area contributed by atoms with Gasteiger partial charge in [-0.05, 0) is 43.7 Å². The minimum absolute atomic E-state index is 0.907. The zero-order valence-corrected chi connectivity index (χ0v) is 12.6. The normalized spacial score (nSPS) is 11.8. The Balaban J connectivity index is 2.78. The summed E-state index contributed by atoms with van der Waals surface area (Å²) in [5.41, 5.74) is 4.05. The molecule has 0 N–H and O–H groups in total. The highest BCUT2D eigenvalue weighted by molar-refractivity contribution is 5.69. The number of hydrogen-bond donors (Lipinski definition) is 0. The quantitative estimate of drug-likeness (QED) is 0.691. The molecule has 2 heteroatoms. The summed E-state index contributed by atoms with van der Waals surface area (Å²) in [4.78, 5) is 4.75. The Bertz CT molecular complexity index is 701. The second-order valence-corrected chi connectivity index (χ2v) is 4.67. The molecule has 0 bridgehead atoms. The molecule has 0 unspecified atom stereocenters. The van der Waals surface area contributed by atoms with Gasteiger partial charge in [-0.3, -0.25) is 4.57 Å². The van der Waals surface area contributed by atoms with E-state index in [0.29, 0.717) is 0 Å². The molecule has 106 valence electrons. The second kappa shape index (κ2) is 6.71. The van der Waals surface area contributed by atoms with Gasteiger partial charge in [0.25, 0.3) is 0 Å². The number of rotatable bonds is 5. The standard InChI is InChI=1S/C19H20N2/c1-5-11-15(4)19-20-17(12-6-2)18(7-3)21(19)16-13-9-8-10-14-16/h5-14H,1,3H2,2,4H3/b12-6-,15-11+. The van der Waals surface area contributed by atoms with Crippen molar-refractivity contribution >= 4 is 17.7 Å². The SMILES string of the molecule is C=C/C=C(\C)c1nc(/C=C\C)c(C=C)n1-c1ccccc1. The van der Waals surface area contributed by atoms with Crippen molar-refractivity contribution in [3.63, 3.8) is 0 Å². The summed E-state index contributed by atoms with van der Waals surface area (Å²) in [6.07, 6.45) is 9.58. The number of nitrogens with zero attached hydrogens (tertiary/aromatic N) is 2. The van der Waals surface area contributed by atoms with E-state index < -0.39 is 0 Å². The van der Waals surface area contributed by atoms with Crippen molar-refractivity contribution < 1.29 is 0 Å². The van der Waals surface area contributed by atoms with E-state index in [9.17, 15) is 0 Å². The fourth-order valence-electron chi connectivity index (χ4n) is 2.28. The van der Waals surface area contributed by atoms with E-state index in [1.54, 1.807) is 6.08 Å². The first-order valence-corrected chi connectivity index (χ1v) is 6.96. The Hall–Kier alpha value is -2.61. The second-order valence-electron chi connectivity index (χ2n) is 4.67. The van der Waals surface area contributed by atoms with Gasteiger partial charge in [0.15, 0.2) is 0 Å².